The topological polar surface area (TPSA) is 52.6 Å². The van der Waals surface area contributed by atoms with Crippen molar-refractivity contribution in [1.29, 1.82) is 0 Å². The Balaban J connectivity index is 1.50. The minimum atomic E-state index is -0.520. The standard InChI is InChI=1S/C15H19BrN2O2/c1-10-6-12(16)4-5-13(10)17-14(19)7-18-8-15(20,9-18)11-2-3-11/h4-6,11,20H,2-3,7-9H2,1H3,(H,17,19). The van der Waals surface area contributed by atoms with Crippen LogP contribution < -0.4 is 5.32 Å². The number of hydrogen-bond acceptors (Lipinski definition) is 3. The molecule has 0 bridgehead atoms. The van der Waals surface area contributed by atoms with Crippen LogP contribution in [0.2, 0.25) is 0 Å². The molecule has 2 N–H and O–H groups in total. The van der Waals surface area contributed by atoms with Crippen molar-refractivity contribution >= 4 is 27.5 Å². The summed E-state index contributed by atoms with van der Waals surface area (Å²) >= 11 is 3.41. The number of aliphatic hydroxyl groups is 1. The van der Waals surface area contributed by atoms with Gasteiger partial charge in [-0.25, -0.2) is 0 Å². The highest BCUT2D eigenvalue weighted by molar-refractivity contribution is 9.10. The Morgan fingerprint density at radius 2 is 2.20 bits per heavy atom. The fraction of sp³-hybridized carbons (Fsp3) is 0.533. The highest BCUT2D eigenvalue weighted by Crippen LogP contribution is 2.44. The second-order valence-electron chi connectivity index (χ2n) is 6.03. The van der Waals surface area contributed by atoms with Crippen LogP contribution in [-0.2, 0) is 4.79 Å². The number of benzene rings is 1. The summed E-state index contributed by atoms with van der Waals surface area (Å²) in [4.78, 5) is 14.0. The molecule has 2 aliphatic rings. The molecular weight excluding hydrogens is 320 g/mol. The zero-order valence-corrected chi connectivity index (χ0v) is 13.1. The van der Waals surface area contributed by atoms with E-state index in [1.807, 2.05) is 30.0 Å². The van der Waals surface area contributed by atoms with Crippen LogP contribution in [0.1, 0.15) is 18.4 Å². The van der Waals surface area contributed by atoms with Crippen molar-refractivity contribution in [3.63, 3.8) is 0 Å². The van der Waals surface area contributed by atoms with E-state index in [0.29, 0.717) is 25.6 Å². The lowest BCUT2D eigenvalue weighted by atomic mass is 9.89. The van der Waals surface area contributed by atoms with Gasteiger partial charge in [0, 0.05) is 23.2 Å². The molecule has 1 saturated carbocycles. The number of anilines is 1. The van der Waals surface area contributed by atoms with Gasteiger partial charge in [-0.15, -0.1) is 0 Å². The summed E-state index contributed by atoms with van der Waals surface area (Å²) in [6.07, 6.45) is 2.27. The van der Waals surface area contributed by atoms with Gasteiger partial charge in [-0.2, -0.15) is 0 Å². The lowest BCUT2D eigenvalue weighted by molar-refractivity contribution is -0.132. The Bertz CT molecular complexity index is 537. The molecule has 0 aromatic heterocycles. The minimum Gasteiger partial charge on any atom is -0.387 e. The first-order valence-corrected chi connectivity index (χ1v) is 7.76. The van der Waals surface area contributed by atoms with Crippen LogP contribution in [0.3, 0.4) is 0 Å². The molecule has 108 valence electrons. The van der Waals surface area contributed by atoms with Crippen molar-refractivity contribution in [3.8, 4) is 0 Å². The van der Waals surface area contributed by atoms with Crippen molar-refractivity contribution in [2.45, 2.75) is 25.4 Å². The molecule has 0 radical (unpaired) electrons. The molecule has 0 atom stereocenters. The van der Waals surface area contributed by atoms with E-state index < -0.39 is 5.60 Å². The van der Waals surface area contributed by atoms with Gasteiger partial charge in [0.2, 0.25) is 5.91 Å². The molecule has 1 aliphatic carbocycles. The Kier molecular flexibility index (Phi) is 3.60. The number of hydrogen-bond donors (Lipinski definition) is 2. The van der Waals surface area contributed by atoms with Gasteiger partial charge in [0.1, 0.15) is 0 Å². The number of carbonyl (C=O) groups excluding carboxylic acids is 1. The molecule has 1 aromatic rings. The predicted molar refractivity (Wildman–Crippen MR) is 81.6 cm³/mol. The van der Waals surface area contributed by atoms with Crippen molar-refractivity contribution in [1.82, 2.24) is 4.90 Å². The van der Waals surface area contributed by atoms with E-state index >= 15 is 0 Å². The number of β-amino-alcohol motifs (C(OH)–C–C–N with tert-alkyl or cyclic N) is 1. The molecule has 4 nitrogen and oxygen atoms in total. The summed E-state index contributed by atoms with van der Waals surface area (Å²) in [6, 6.07) is 5.79. The van der Waals surface area contributed by atoms with Gasteiger partial charge in [0.05, 0.1) is 12.1 Å². The maximum atomic E-state index is 12.0. The SMILES string of the molecule is Cc1cc(Br)ccc1NC(=O)CN1CC(O)(C2CC2)C1. The summed E-state index contributed by atoms with van der Waals surface area (Å²) < 4.78 is 1.00. The molecule has 1 saturated heterocycles. The quantitative estimate of drug-likeness (QED) is 0.884. The van der Waals surface area contributed by atoms with Gasteiger partial charge in [0.15, 0.2) is 0 Å². The molecule has 1 aliphatic heterocycles. The lowest BCUT2D eigenvalue weighted by Gasteiger charge is -2.46. The molecule has 2 fully saturated rings. The molecule has 0 unspecified atom stereocenters. The van der Waals surface area contributed by atoms with Crippen LogP contribution in [0.25, 0.3) is 0 Å². The summed E-state index contributed by atoms with van der Waals surface area (Å²) in [5.41, 5.74) is 1.36. The summed E-state index contributed by atoms with van der Waals surface area (Å²) in [6.45, 7) is 3.58. The number of aryl methyl sites for hydroxylation is 1. The van der Waals surface area contributed by atoms with Gasteiger partial charge < -0.3 is 10.4 Å². The van der Waals surface area contributed by atoms with Crippen LogP contribution in [0.5, 0.6) is 0 Å². The molecule has 1 heterocycles. The van der Waals surface area contributed by atoms with Crippen LogP contribution in [-0.4, -0.2) is 41.1 Å². The normalized spacial score (nSPS) is 21.4. The van der Waals surface area contributed by atoms with Gasteiger partial charge >= 0.3 is 0 Å². The summed E-state index contributed by atoms with van der Waals surface area (Å²) in [7, 11) is 0. The van der Waals surface area contributed by atoms with E-state index in [9.17, 15) is 9.90 Å². The maximum absolute atomic E-state index is 12.0. The molecule has 1 amide bonds. The van der Waals surface area contributed by atoms with E-state index in [1.54, 1.807) is 0 Å². The number of nitrogens with one attached hydrogen (secondary N) is 1. The number of rotatable bonds is 4. The Morgan fingerprint density at radius 3 is 2.80 bits per heavy atom. The highest BCUT2D eigenvalue weighted by Gasteiger charge is 2.51. The maximum Gasteiger partial charge on any atom is 0.238 e. The Labute approximate surface area is 127 Å². The average Bonchev–Trinajstić information content (AvgIpc) is 3.15. The van der Waals surface area contributed by atoms with Crippen molar-refractivity contribution in [2.24, 2.45) is 5.92 Å². The third-order valence-corrected chi connectivity index (χ3v) is 4.66. The van der Waals surface area contributed by atoms with E-state index in [4.69, 9.17) is 0 Å². The fourth-order valence-corrected chi connectivity index (χ4v) is 3.35. The fourth-order valence-electron chi connectivity index (χ4n) is 2.88. The zero-order chi connectivity index (χ0) is 14.3. The molecule has 0 spiro atoms. The molecule has 5 heteroatoms. The second-order valence-corrected chi connectivity index (χ2v) is 6.95. The van der Waals surface area contributed by atoms with Crippen LogP contribution in [0.15, 0.2) is 22.7 Å². The third-order valence-electron chi connectivity index (χ3n) is 4.16. The molecular formula is C15H19BrN2O2. The van der Waals surface area contributed by atoms with Gasteiger partial charge in [-0.1, -0.05) is 15.9 Å². The van der Waals surface area contributed by atoms with Crippen molar-refractivity contribution < 1.29 is 9.90 Å². The zero-order valence-electron chi connectivity index (χ0n) is 11.5. The first kappa shape index (κ1) is 14.0. The Hall–Kier alpha value is -0.910. The van der Waals surface area contributed by atoms with Crippen LogP contribution in [0, 0.1) is 12.8 Å². The first-order valence-electron chi connectivity index (χ1n) is 6.97. The highest BCUT2D eigenvalue weighted by atomic mass is 79.9. The van der Waals surface area contributed by atoms with E-state index in [1.165, 1.54) is 0 Å². The number of nitrogens with zero attached hydrogens (tertiary/aromatic N) is 1. The monoisotopic (exact) mass is 338 g/mol. The van der Waals surface area contributed by atoms with Crippen molar-refractivity contribution in [2.75, 3.05) is 25.0 Å². The summed E-state index contributed by atoms with van der Waals surface area (Å²) in [5.74, 6) is 0.448. The summed E-state index contributed by atoms with van der Waals surface area (Å²) in [5, 5.41) is 13.1. The van der Waals surface area contributed by atoms with E-state index in [-0.39, 0.29) is 5.91 Å². The number of amides is 1. The number of carbonyl (C=O) groups is 1. The molecule has 1 aromatic carbocycles. The second kappa shape index (κ2) is 5.13. The van der Waals surface area contributed by atoms with Gasteiger partial charge in [0.25, 0.3) is 0 Å². The smallest absolute Gasteiger partial charge is 0.238 e. The average molecular weight is 339 g/mol. The number of likely N-dealkylation sites (tertiary alicyclic amines) is 1. The third kappa shape index (κ3) is 2.90. The minimum absolute atomic E-state index is 0.0201. The Morgan fingerprint density at radius 1 is 1.50 bits per heavy atom. The predicted octanol–water partition coefficient (Wildman–Crippen LogP) is 2.15. The van der Waals surface area contributed by atoms with E-state index in [0.717, 1.165) is 28.6 Å². The number of halogens is 1. The lowest BCUT2D eigenvalue weighted by Crippen LogP contribution is -2.64. The van der Waals surface area contributed by atoms with Crippen LogP contribution in [0.4, 0.5) is 5.69 Å². The van der Waals surface area contributed by atoms with Crippen LogP contribution >= 0.6 is 15.9 Å². The molecule has 3 rings (SSSR count). The molecule has 20 heavy (non-hydrogen) atoms. The first-order chi connectivity index (χ1) is 9.46. The van der Waals surface area contributed by atoms with Gasteiger partial charge in [-0.05, 0) is 49.4 Å². The van der Waals surface area contributed by atoms with Crippen molar-refractivity contribution in [3.05, 3.63) is 28.2 Å². The largest absolute Gasteiger partial charge is 0.387 e. The van der Waals surface area contributed by atoms with Gasteiger partial charge in [-0.3, -0.25) is 9.69 Å². The van der Waals surface area contributed by atoms with E-state index in [2.05, 4.69) is 21.2 Å².